The predicted molar refractivity (Wildman–Crippen MR) is 136 cm³/mol. The number of para-hydroxylation sites is 1. The molecule has 7 heteroatoms. The van der Waals surface area contributed by atoms with Crippen molar-refractivity contribution in [1.29, 1.82) is 0 Å². The van der Waals surface area contributed by atoms with E-state index in [0.717, 1.165) is 33.2 Å². The van der Waals surface area contributed by atoms with Crippen LogP contribution in [-0.2, 0) is 17.8 Å². The molecule has 0 bridgehead atoms. The second kappa shape index (κ2) is 9.70. The van der Waals surface area contributed by atoms with Gasteiger partial charge in [-0.3, -0.25) is 19.8 Å². The number of nitrogens with zero attached hydrogens (tertiary/aromatic N) is 2. The van der Waals surface area contributed by atoms with Gasteiger partial charge in [0.1, 0.15) is 0 Å². The molecule has 2 amide bonds. The van der Waals surface area contributed by atoms with E-state index in [1.165, 1.54) is 0 Å². The Morgan fingerprint density at radius 3 is 2.66 bits per heavy atom. The first-order chi connectivity index (χ1) is 17.0. The van der Waals surface area contributed by atoms with Crippen LogP contribution in [-0.4, -0.2) is 33.5 Å². The van der Waals surface area contributed by atoms with Crippen molar-refractivity contribution in [2.45, 2.75) is 13.0 Å². The van der Waals surface area contributed by atoms with Crippen LogP contribution in [0.2, 0.25) is 5.02 Å². The molecule has 5 rings (SSSR count). The van der Waals surface area contributed by atoms with Gasteiger partial charge < -0.3 is 4.90 Å². The molecule has 0 aliphatic carbocycles. The molecule has 6 nitrogen and oxygen atoms in total. The molecule has 1 aliphatic heterocycles. The first-order valence-corrected chi connectivity index (χ1v) is 11.6. The van der Waals surface area contributed by atoms with Gasteiger partial charge in [0, 0.05) is 40.8 Å². The number of nitrogens with one attached hydrogen (secondary N) is 1. The highest BCUT2D eigenvalue weighted by molar-refractivity contribution is 6.31. The van der Waals surface area contributed by atoms with Crippen LogP contribution < -0.4 is 5.48 Å². The number of benzene rings is 3. The molecule has 0 spiro atoms. The average Bonchev–Trinajstić information content (AvgIpc) is 2.90. The Bertz CT molecular complexity index is 1480. The fourth-order valence-corrected chi connectivity index (χ4v) is 4.62. The van der Waals surface area contributed by atoms with Crippen LogP contribution in [0.4, 0.5) is 0 Å². The van der Waals surface area contributed by atoms with Gasteiger partial charge >= 0.3 is 0 Å². The number of hydroxylamine groups is 1. The molecule has 2 heterocycles. The van der Waals surface area contributed by atoms with E-state index in [0.29, 0.717) is 35.7 Å². The Hall–Kier alpha value is -4.00. The van der Waals surface area contributed by atoms with Gasteiger partial charge in [0.15, 0.2) is 0 Å². The third-order valence-electron chi connectivity index (χ3n) is 6.22. The Balaban J connectivity index is 1.56. The minimum atomic E-state index is -0.583. The van der Waals surface area contributed by atoms with Crippen molar-refractivity contribution in [3.05, 3.63) is 112 Å². The van der Waals surface area contributed by atoms with E-state index in [-0.39, 0.29) is 5.91 Å². The van der Waals surface area contributed by atoms with Gasteiger partial charge in [-0.05, 0) is 71.1 Å². The van der Waals surface area contributed by atoms with Crippen LogP contribution in [0.1, 0.15) is 32.6 Å². The zero-order chi connectivity index (χ0) is 24.4. The number of hydrogen-bond acceptors (Lipinski definition) is 4. The van der Waals surface area contributed by atoms with Crippen molar-refractivity contribution in [2.24, 2.45) is 0 Å². The summed E-state index contributed by atoms with van der Waals surface area (Å²) in [4.78, 5) is 32.0. The number of amides is 2. The molecule has 0 saturated heterocycles. The fraction of sp³-hybridized carbons (Fsp3) is 0.107. The standard InChI is InChI=1S/C28H22ClN3O3/c29-23-5-3-4-19(15-23)25(16-20-10-12-30-26-7-2-1-6-24(20)26)28(34)32-13-11-18-8-9-21(27(33)31-35)14-22(18)17-32/h1-10,12,14-16,35H,11,13,17H2,(H,31,33)/b25-16-. The summed E-state index contributed by atoms with van der Waals surface area (Å²) in [7, 11) is 0. The molecule has 3 aromatic carbocycles. The SMILES string of the molecule is O=C(NO)c1ccc2c(c1)CN(C(=O)/C(=C\c1ccnc3ccccc13)c1cccc(Cl)c1)CC2. The van der Waals surface area contributed by atoms with Crippen LogP contribution in [0.5, 0.6) is 0 Å². The molecule has 2 N–H and O–H groups in total. The molecule has 0 radical (unpaired) electrons. The minimum absolute atomic E-state index is 0.129. The lowest BCUT2D eigenvalue weighted by molar-refractivity contribution is -0.125. The zero-order valence-corrected chi connectivity index (χ0v) is 19.5. The number of aromatic nitrogens is 1. The number of carbonyl (C=O) groups excluding carboxylic acids is 2. The van der Waals surface area contributed by atoms with Gasteiger partial charge in [-0.1, -0.05) is 48.0 Å². The normalized spacial score (nSPS) is 13.4. The van der Waals surface area contributed by atoms with Crippen LogP contribution in [0, 0.1) is 0 Å². The monoisotopic (exact) mass is 483 g/mol. The van der Waals surface area contributed by atoms with E-state index >= 15 is 0 Å². The van der Waals surface area contributed by atoms with E-state index < -0.39 is 5.91 Å². The molecule has 0 atom stereocenters. The van der Waals surface area contributed by atoms with Gasteiger partial charge in [0.25, 0.3) is 11.8 Å². The summed E-state index contributed by atoms with van der Waals surface area (Å²) in [5.41, 5.74) is 6.95. The van der Waals surface area contributed by atoms with Crippen molar-refractivity contribution in [2.75, 3.05) is 6.54 Å². The number of hydrogen-bond donors (Lipinski definition) is 2. The first kappa shape index (κ1) is 22.8. The summed E-state index contributed by atoms with van der Waals surface area (Å²) >= 11 is 6.28. The van der Waals surface area contributed by atoms with Gasteiger partial charge in [0.05, 0.1) is 5.52 Å². The molecule has 4 aromatic rings. The lowest BCUT2D eigenvalue weighted by atomic mass is 9.95. The maximum atomic E-state index is 13.9. The van der Waals surface area contributed by atoms with Crippen molar-refractivity contribution in [3.8, 4) is 0 Å². The molecule has 0 unspecified atom stereocenters. The van der Waals surface area contributed by atoms with Gasteiger partial charge in [-0.15, -0.1) is 0 Å². The number of carbonyl (C=O) groups is 2. The first-order valence-electron chi connectivity index (χ1n) is 11.2. The lowest BCUT2D eigenvalue weighted by Gasteiger charge is -2.30. The third-order valence-corrected chi connectivity index (χ3v) is 6.45. The van der Waals surface area contributed by atoms with Crippen LogP contribution in [0.3, 0.4) is 0 Å². The van der Waals surface area contributed by atoms with E-state index in [4.69, 9.17) is 16.8 Å². The Morgan fingerprint density at radius 2 is 1.83 bits per heavy atom. The highest BCUT2D eigenvalue weighted by Gasteiger charge is 2.25. The summed E-state index contributed by atoms with van der Waals surface area (Å²) in [6.45, 7) is 0.905. The minimum Gasteiger partial charge on any atom is -0.334 e. The molecule has 1 aromatic heterocycles. The van der Waals surface area contributed by atoms with Crippen molar-refractivity contribution in [3.63, 3.8) is 0 Å². The smallest absolute Gasteiger partial charge is 0.274 e. The van der Waals surface area contributed by atoms with E-state index in [1.807, 2.05) is 54.6 Å². The summed E-state index contributed by atoms with van der Waals surface area (Å²) in [5.74, 6) is -0.712. The second-order valence-corrected chi connectivity index (χ2v) is 8.82. The van der Waals surface area contributed by atoms with Crippen molar-refractivity contribution >= 4 is 46.0 Å². The molecular formula is C28H22ClN3O3. The van der Waals surface area contributed by atoms with E-state index in [2.05, 4.69) is 4.98 Å². The molecule has 0 fully saturated rings. The summed E-state index contributed by atoms with van der Waals surface area (Å²) in [6, 6.07) is 22.2. The number of pyridine rings is 1. The maximum Gasteiger partial charge on any atom is 0.274 e. The molecule has 0 saturated carbocycles. The summed E-state index contributed by atoms with van der Waals surface area (Å²) < 4.78 is 0. The average molecular weight is 484 g/mol. The highest BCUT2D eigenvalue weighted by atomic mass is 35.5. The largest absolute Gasteiger partial charge is 0.334 e. The summed E-state index contributed by atoms with van der Waals surface area (Å²) in [5, 5.41) is 10.5. The van der Waals surface area contributed by atoms with Crippen molar-refractivity contribution in [1.82, 2.24) is 15.4 Å². The molecule has 1 aliphatic rings. The lowest BCUT2D eigenvalue weighted by Crippen LogP contribution is -2.36. The van der Waals surface area contributed by atoms with Crippen LogP contribution >= 0.6 is 11.6 Å². The molecular weight excluding hydrogens is 462 g/mol. The maximum absolute atomic E-state index is 13.9. The van der Waals surface area contributed by atoms with Crippen molar-refractivity contribution < 1.29 is 14.8 Å². The number of rotatable bonds is 4. The van der Waals surface area contributed by atoms with Crippen LogP contribution in [0.15, 0.2) is 79.0 Å². The third kappa shape index (κ3) is 4.67. The number of halogens is 1. The Labute approximate surface area is 207 Å². The molecule has 35 heavy (non-hydrogen) atoms. The Kier molecular flexibility index (Phi) is 6.31. The number of fused-ring (bicyclic) bond motifs is 2. The van der Waals surface area contributed by atoms with Gasteiger partial charge in [-0.25, -0.2) is 5.48 Å². The quantitative estimate of drug-likeness (QED) is 0.239. The summed E-state index contributed by atoms with van der Waals surface area (Å²) in [6.07, 6.45) is 4.30. The molecule has 174 valence electrons. The van der Waals surface area contributed by atoms with E-state index in [9.17, 15) is 9.59 Å². The zero-order valence-electron chi connectivity index (χ0n) is 18.7. The van der Waals surface area contributed by atoms with Gasteiger partial charge in [0.2, 0.25) is 0 Å². The van der Waals surface area contributed by atoms with Gasteiger partial charge in [-0.2, -0.15) is 0 Å². The van der Waals surface area contributed by atoms with Crippen LogP contribution in [0.25, 0.3) is 22.6 Å². The van der Waals surface area contributed by atoms with E-state index in [1.54, 1.807) is 40.8 Å². The predicted octanol–water partition coefficient (Wildman–Crippen LogP) is 5.13. The Morgan fingerprint density at radius 1 is 0.971 bits per heavy atom. The topological polar surface area (TPSA) is 82.5 Å². The highest BCUT2D eigenvalue weighted by Crippen LogP contribution is 2.29. The second-order valence-electron chi connectivity index (χ2n) is 8.39. The fourth-order valence-electron chi connectivity index (χ4n) is 4.43.